The molecule has 0 bridgehead atoms. The van der Waals surface area contributed by atoms with Gasteiger partial charge in [-0.05, 0) is 55.3 Å². The predicted molar refractivity (Wildman–Crippen MR) is 69.3 cm³/mol. The van der Waals surface area contributed by atoms with E-state index < -0.39 is 5.97 Å². The van der Waals surface area contributed by atoms with E-state index in [4.69, 9.17) is 9.15 Å². The van der Waals surface area contributed by atoms with E-state index in [1.54, 1.807) is 24.5 Å². The van der Waals surface area contributed by atoms with E-state index in [0.717, 1.165) is 11.1 Å². The molecule has 0 aliphatic carbocycles. The van der Waals surface area contributed by atoms with Crippen molar-refractivity contribution >= 4 is 12.0 Å². The third-order valence-corrected chi connectivity index (χ3v) is 2.34. The molecule has 0 aliphatic rings. The van der Waals surface area contributed by atoms with Crippen molar-refractivity contribution < 1.29 is 13.9 Å². The topological polar surface area (TPSA) is 39.4 Å². The molecular weight excluding hydrogens is 228 g/mol. The highest BCUT2D eigenvalue weighted by Crippen LogP contribution is 2.16. The molecule has 0 atom stereocenters. The minimum Gasteiger partial charge on any atom is -0.465 e. The van der Waals surface area contributed by atoms with Crippen LogP contribution in [0.1, 0.15) is 16.9 Å². The van der Waals surface area contributed by atoms with Crippen LogP contribution in [0.15, 0.2) is 47.1 Å². The molecule has 2 aromatic rings. The van der Waals surface area contributed by atoms with Crippen LogP contribution in [-0.4, -0.2) is 5.97 Å². The first-order chi connectivity index (χ1) is 8.63. The van der Waals surface area contributed by atoms with Crippen molar-refractivity contribution in [2.75, 3.05) is 0 Å². The average molecular weight is 242 g/mol. The predicted octanol–water partition coefficient (Wildman–Crippen LogP) is 3.52. The fourth-order valence-corrected chi connectivity index (χ4v) is 1.68. The molecule has 0 unspecified atom stereocenters. The van der Waals surface area contributed by atoms with Gasteiger partial charge in [-0.25, -0.2) is 4.79 Å². The Balaban J connectivity index is 2.03. The first-order valence-corrected chi connectivity index (χ1v) is 5.65. The summed E-state index contributed by atoms with van der Waals surface area (Å²) in [4.78, 5) is 11.6. The smallest absolute Gasteiger partial charge is 0.336 e. The Hall–Kier alpha value is -2.29. The molecule has 1 heterocycles. The fourth-order valence-electron chi connectivity index (χ4n) is 1.68. The second-order valence-corrected chi connectivity index (χ2v) is 4.09. The lowest BCUT2D eigenvalue weighted by Gasteiger charge is -2.04. The molecule has 3 nitrogen and oxygen atoms in total. The Labute approximate surface area is 106 Å². The van der Waals surface area contributed by atoms with Crippen LogP contribution in [0, 0.1) is 13.8 Å². The summed E-state index contributed by atoms with van der Waals surface area (Å²) in [7, 11) is 0. The molecule has 0 aliphatic heterocycles. The molecule has 0 amide bonds. The van der Waals surface area contributed by atoms with Crippen LogP contribution in [0.5, 0.6) is 5.75 Å². The first kappa shape index (κ1) is 12.2. The molecule has 0 fully saturated rings. The zero-order valence-electron chi connectivity index (χ0n) is 10.3. The molecule has 3 heteroatoms. The summed E-state index contributed by atoms with van der Waals surface area (Å²) in [5, 5.41) is 0. The SMILES string of the molecule is Cc1cc(C)cc(OC(=O)C=Cc2ccco2)c1. The van der Waals surface area contributed by atoms with Crippen molar-refractivity contribution in [3.8, 4) is 5.75 Å². The molecule has 18 heavy (non-hydrogen) atoms. The van der Waals surface area contributed by atoms with Gasteiger partial charge in [-0.15, -0.1) is 0 Å². The Bertz CT molecular complexity index is 545. The highest BCUT2D eigenvalue weighted by atomic mass is 16.5. The number of hydrogen-bond acceptors (Lipinski definition) is 3. The average Bonchev–Trinajstić information content (AvgIpc) is 2.77. The Kier molecular flexibility index (Phi) is 3.63. The zero-order chi connectivity index (χ0) is 13.0. The van der Waals surface area contributed by atoms with Crippen LogP contribution < -0.4 is 4.74 Å². The lowest BCUT2D eigenvalue weighted by molar-refractivity contribution is -0.128. The summed E-state index contributed by atoms with van der Waals surface area (Å²) in [6.07, 6.45) is 4.47. The quantitative estimate of drug-likeness (QED) is 0.469. The number of esters is 1. The summed E-state index contributed by atoms with van der Waals surface area (Å²) in [5.41, 5.74) is 2.13. The fraction of sp³-hybridized carbons (Fsp3) is 0.133. The van der Waals surface area contributed by atoms with E-state index in [-0.39, 0.29) is 0 Å². The number of ether oxygens (including phenoxy) is 1. The number of carbonyl (C=O) groups excluding carboxylic acids is 1. The van der Waals surface area contributed by atoms with Crippen LogP contribution in [0.4, 0.5) is 0 Å². The van der Waals surface area contributed by atoms with Crippen molar-refractivity contribution in [1.82, 2.24) is 0 Å². The summed E-state index contributed by atoms with van der Waals surface area (Å²) in [6, 6.07) is 9.20. The van der Waals surface area contributed by atoms with Crippen molar-refractivity contribution in [3.63, 3.8) is 0 Å². The standard InChI is InChI=1S/C15H14O3/c1-11-8-12(2)10-14(9-11)18-15(16)6-5-13-4-3-7-17-13/h3-10H,1-2H3. The van der Waals surface area contributed by atoms with Crippen molar-refractivity contribution in [2.24, 2.45) is 0 Å². The van der Waals surface area contributed by atoms with E-state index in [1.807, 2.05) is 32.0 Å². The van der Waals surface area contributed by atoms with Gasteiger partial charge in [0.1, 0.15) is 11.5 Å². The summed E-state index contributed by atoms with van der Waals surface area (Å²) >= 11 is 0. The van der Waals surface area contributed by atoms with Crippen LogP contribution in [0.3, 0.4) is 0 Å². The number of carbonyl (C=O) groups is 1. The van der Waals surface area contributed by atoms with Crippen LogP contribution in [-0.2, 0) is 4.79 Å². The number of aryl methyl sites for hydroxylation is 2. The van der Waals surface area contributed by atoms with E-state index >= 15 is 0 Å². The molecule has 1 aromatic carbocycles. The van der Waals surface area contributed by atoms with E-state index in [0.29, 0.717) is 11.5 Å². The molecule has 2 rings (SSSR count). The number of hydrogen-bond donors (Lipinski definition) is 0. The number of furan rings is 1. The highest BCUT2D eigenvalue weighted by Gasteiger charge is 2.02. The molecule has 0 saturated heterocycles. The molecule has 1 aromatic heterocycles. The maximum Gasteiger partial charge on any atom is 0.336 e. The van der Waals surface area contributed by atoms with Gasteiger partial charge >= 0.3 is 5.97 Å². The van der Waals surface area contributed by atoms with Crippen molar-refractivity contribution in [2.45, 2.75) is 13.8 Å². The first-order valence-electron chi connectivity index (χ1n) is 5.65. The van der Waals surface area contributed by atoms with Gasteiger partial charge in [0.25, 0.3) is 0 Å². The van der Waals surface area contributed by atoms with E-state index in [9.17, 15) is 4.79 Å². The van der Waals surface area contributed by atoms with Crippen molar-refractivity contribution in [1.29, 1.82) is 0 Å². The number of rotatable bonds is 3. The summed E-state index contributed by atoms with van der Waals surface area (Å²) in [6.45, 7) is 3.92. The Morgan fingerprint density at radius 3 is 2.56 bits per heavy atom. The molecule has 0 radical (unpaired) electrons. The summed E-state index contributed by atoms with van der Waals surface area (Å²) < 4.78 is 10.3. The second kappa shape index (κ2) is 5.36. The molecule has 0 N–H and O–H groups in total. The second-order valence-electron chi connectivity index (χ2n) is 4.09. The normalized spacial score (nSPS) is 10.8. The van der Waals surface area contributed by atoms with E-state index in [1.165, 1.54) is 6.08 Å². The lowest BCUT2D eigenvalue weighted by atomic mass is 10.1. The van der Waals surface area contributed by atoms with Crippen LogP contribution >= 0.6 is 0 Å². The minimum atomic E-state index is -0.420. The van der Waals surface area contributed by atoms with Crippen molar-refractivity contribution in [3.05, 3.63) is 59.6 Å². The Morgan fingerprint density at radius 2 is 1.94 bits per heavy atom. The van der Waals surface area contributed by atoms with Gasteiger partial charge in [-0.2, -0.15) is 0 Å². The Morgan fingerprint density at radius 1 is 1.22 bits per heavy atom. The van der Waals surface area contributed by atoms with Gasteiger partial charge in [0, 0.05) is 6.08 Å². The van der Waals surface area contributed by atoms with Gasteiger partial charge in [-0.1, -0.05) is 6.07 Å². The third kappa shape index (κ3) is 3.35. The third-order valence-electron chi connectivity index (χ3n) is 2.34. The molecule has 0 spiro atoms. The largest absolute Gasteiger partial charge is 0.465 e. The molecule has 0 saturated carbocycles. The van der Waals surface area contributed by atoms with Gasteiger partial charge in [0.05, 0.1) is 6.26 Å². The van der Waals surface area contributed by atoms with Gasteiger partial charge in [-0.3, -0.25) is 0 Å². The minimum absolute atomic E-state index is 0.420. The zero-order valence-corrected chi connectivity index (χ0v) is 10.3. The highest BCUT2D eigenvalue weighted by molar-refractivity contribution is 5.88. The van der Waals surface area contributed by atoms with Crippen LogP contribution in [0.2, 0.25) is 0 Å². The van der Waals surface area contributed by atoms with Crippen LogP contribution in [0.25, 0.3) is 6.08 Å². The molecule has 92 valence electrons. The van der Waals surface area contributed by atoms with Gasteiger partial charge in [0.2, 0.25) is 0 Å². The molecular formula is C15H14O3. The van der Waals surface area contributed by atoms with E-state index in [2.05, 4.69) is 0 Å². The van der Waals surface area contributed by atoms with Gasteiger partial charge < -0.3 is 9.15 Å². The van der Waals surface area contributed by atoms with Gasteiger partial charge in [0.15, 0.2) is 0 Å². The lowest BCUT2D eigenvalue weighted by Crippen LogP contribution is -2.03. The monoisotopic (exact) mass is 242 g/mol. The summed E-state index contributed by atoms with van der Waals surface area (Å²) in [5.74, 6) is 0.755. The maximum absolute atomic E-state index is 11.6. The number of benzene rings is 1. The maximum atomic E-state index is 11.6.